The van der Waals surface area contributed by atoms with Crippen LogP contribution in [-0.2, 0) is 0 Å². The van der Waals surface area contributed by atoms with Gasteiger partial charge in [0.25, 0.3) is 0 Å². The van der Waals surface area contributed by atoms with Gasteiger partial charge in [-0.3, -0.25) is 0 Å². The molecule has 0 saturated carbocycles. The second-order valence-electron chi connectivity index (χ2n) is 2.11. The Bertz CT molecular complexity index is 316. The van der Waals surface area contributed by atoms with Crippen LogP contribution in [-0.4, -0.2) is 6.03 Å². The summed E-state index contributed by atoms with van der Waals surface area (Å²) < 4.78 is 12.5. The lowest BCUT2D eigenvalue weighted by Gasteiger charge is -2.02. The number of amides is 2. The highest BCUT2D eigenvalue weighted by atomic mass is 35.5. The Hall–Kier alpha value is -1.29. The molecule has 0 aliphatic heterocycles. The lowest BCUT2D eigenvalue weighted by Crippen LogP contribution is -2.19. The first kappa shape index (κ1) is 8.80. The van der Waals surface area contributed by atoms with Gasteiger partial charge in [-0.2, -0.15) is 0 Å². The number of rotatable bonds is 1. The third-order valence-corrected chi connectivity index (χ3v) is 1.50. The van der Waals surface area contributed by atoms with Crippen LogP contribution in [0.3, 0.4) is 0 Å². The van der Waals surface area contributed by atoms with E-state index < -0.39 is 11.8 Å². The molecule has 2 amide bonds. The normalized spacial score (nSPS) is 9.50. The fourth-order valence-corrected chi connectivity index (χ4v) is 0.938. The minimum absolute atomic E-state index is 0.119. The number of anilines is 1. The van der Waals surface area contributed by atoms with Crippen LogP contribution >= 0.6 is 11.6 Å². The maximum Gasteiger partial charge on any atom is 0.316 e. The fraction of sp³-hybridized carbons (Fsp3) is 0. The smallest absolute Gasteiger partial charge is 0.316 e. The van der Waals surface area contributed by atoms with Gasteiger partial charge in [0.2, 0.25) is 0 Å². The minimum Gasteiger partial charge on any atom is -0.351 e. The molecule has 0 heterocycles. The van der Waals surface area contributed by atoms with Crippen LogP contribution in [0.2, 0.25) is 5.02 Å². The molecule has 0 aliphatic rings. The average molecular weight is 189 g/mol. The molecule has 12 heavy (non-hydrogen) atoms. The highest BCUT2D eigenvalue weighted by molar-refractivity contribution is 6.33. The third kappa shape index (κ3) is 2.10. The average Bonchev–Trinajstić information content (AvgIpc) is 1.94. The molecule has 1 aromatic rings. The number of halogens is 2. The van der Waals surface area contributed by atoms with E-state index >= 15 is 0 Å². The van der Waals surface area contributed by atoms with Gasteiger partial charge in [-0.05, 0) is 18.2 Å². The highest BCUT2D eigenvalue weighted by Gasteiger charge is 2.02. The maximum absolute atomic E-state index is 12.5. The molecule has 0 radical (unpaired) electrons. The molecule has 64 valence electrons. The molecule has 0 unspecified atom stereocenters. The predicted molar refractivity (Wildman–Crippen MR) is 44.6 cm³/mol. The number of benzene rings is 1. The first-order chi connectivity index (χ1) is 5.59. The van der Waals surface area contributed by atoms with Crippen molar-refractivity contribution in [2.75, 3.05) is 5.32 Å². The van der Waals surface area contributed by atoms with E-state index in [2.05, 4.69) is 5.32 Å². The van der Waals surface area contributed by atoms with E-state index in [0.29, 0.717) is 5.69 Å². The second-order valence-corrected chi connectivity index (χ2v) is 2.52. The fourth-order valence-electron chi connectivity index (χ4n) is 0.724. The van der Waals surface area contributed by atoms with E-state index in [9.17, 15) is 9.18 Å². The quantitative estimate of drug-likeness (QED) is 0.696. The zero-order valence-corrected chi connectivity index (χ0v) is 6.73. The SMILES string of the molecule is NC(=O)Nc1ccc(F)cc1Cl. The van der Waals surface area contributed by atoms with E-state index in [1.54, 1.807) is 0 Å². The minimum atomic E-state index is -0.733. The Morgan fingerprint density at radius 1 is 1.58 bits per heavy atom. The van der Waals surface area contributed by atoms with Crippen LogP contribution in [0.1, 0.15) is 0 Å². The zero-order valence-electron chi connectivity index (χ0n) is 5.97. The molecule has 0 fully saturated rings. The van der Waals surface area contributed by atoms with Crippen molar-refractivity contribution >= 4 is 23.3 Å². The summed E-state index contributed by atoms with van der Waals surface area (Å²) in [6.07, 6.45) is 0. The van der Waals surface area contributed by atoms with Crippen LogP contribution in [0.4, 0.5) is 14.9 Å². The van der Waals surface area contributed by atoms with Gasteiger partial charge < -0.3 is 11.1 Å². The molecule has 0 atom stereocenters. The van der Waals surface area contributed by atoms with Gasteiger partial charge in [-0.25, -0.2) is 9.18 Å². The van der Waals surface area contributed by atoms with Crippen LogP contribution in [0, 0.1) is 5.82 Å². The van der Waals surface area contributed by atoms with E-state index in [4.69, 9.17) is 17.3 Å². The molecule has 0 aromatic heterocycles. The Morgan fingerprint density at radius 3 is 2.75 bits per heavy atom. The summed E-state index contributed by atoms with van der Waals surface area (Å²) in [5, 5.41) is 2.36. The lowest BCUT2D eigenvalue weighted by molar-refractivity contribution is 0.259. The molecule has 0 spiro atoms. The highest BCUT2D eigenvalue weighted by Crippen LogP contribution is 2.21. The Kier molecular flexibility index (Phi) is 2.50. The number of hydrogen-bond donors (Lipinski definition) is 2. The van der Waals surface area contributed by atoms with Crippen molar-refractivity contribution < 1.29 is 9.18 Å². The molecule has 1 aromatic carbocycles. The van der Waals surface area contributed by atoms with E-state index in [-0.39, 0.29) is 5.02 Å². The van der Waals surface area contributed by atoms with Gasteiger partial charge in [0.15, 0.2) is 0 Å². The van der Waals surface area contributed by atoms with Gasteiger partial charge in [-0.15, -0.1) is 0 Å². The summed E-state index contributed by atoms with van der Waals surface area (Å²) >= 11 is 5.56. The number of nitrogens with one attached hydrogen (secondary N) is 1. The van der Waals surface area contributed by atoms with E-state index in [0.717, 1.165) is 6.07 Å². The third-order valence-electron chi connectivity index (χ3n) is 1.19. The molecule has 1 rings (SSSR count). The van der Waals surface area contributed by atoms with E-state index in [1.807, 2.05) is 0 Å². The largest absolute Gasteiger partial charge is 0.351 e. The predicted octanol–water partition coefficient (Wildman–Crippen LogP) is 1.97. The number of urea groups is 1. The van der Waals surface area contributed by atoms with Gasteiger partial charge in [0.05, 0.1) is 10.7 Å². The summed E-state index contributed by atoms with van der Waals surface area (Å²) in [6.45, 7) is 0. The van der Waals surface area contributed by atoms with Crippen molar-refractivity contribution in [2.24, 2.45) is 5.73 Å². The molecule has 3 N–H and O–H groups in total. The van der Waals surface area contributed by atoms with Crippen LogP contribution in [0.15, 0.2) is 18.2 Å². The number of hydrogen-bond acceptors (Lipinski definition) is 1. The molecule has 0 aliphatic carbocycles. The molecule has 0 bridgehead atoms. The first-order valence-corrected chi connectivity index (χ1v) is 3.49. The number of primary amides is 1. The van der Waals surface area contributed by atoms with Crippen molar-refractivity contribution in [1.82, 2.24) is 0 Å². The second kappa shape index (κ2) is 3.40. The van der Waals surface area contributed by atoms with Gasteiger partial charge >= 0.3 is 6.03 Å². The van der Waals surface area contributed by atoms with Crippen LogP contribution < -0.4 is 11.1 Å². The Balaban J connectivity index is 2.93. The van der Waals surface area contributed by atoms with Crippen molar-refractivity contribution in [2.45, 2.75) is 0 Å². The van der Waals surface area contributed by atoms with Gasteiger partial charge in [0, 0.05) is 0 Å². The van der Waals surface area contributed by atoms with Gasteiger partial charge in [-0.1, -0.05) is 11.6 Å². The summed E-state index contributed by atoms with van der Waals surface area (Å²) in [7, 11) is 0. The first-order valence-electron chi connectivity index (χ1n) is 3.11. The van der Waals surface area contributed by atoms with Crippen molar-refractivity contribution in [3.8, 4) is 0 Å². The number of carbonyl (C=O) groups excluding carboxylic acids is 1. The van der Waals surface area contributed by atoms with Crippen molar-refractivity contribution in [1.29, 1.82) is 0 Å². The molecular formula is C7H6ClFN2O. The summed E-state index contributed by atoms with van der Waals surface area (Å²) in [4.78, 5) is 10.4. The standard InChI is InChI=1S/C7H6ClFN2O/c8-5-3-4(9)1-2-6(5)11-7(10)12/h1-3H,(H3,10,11,12). The molecule has 0 saturated heterocycles. The van der Waals surface area contributed by atoms with E-state index in [1.165, 1.54) is 12.1 Å². The topological polar surface area (TPSA) is 55.1 Å². The summed E-state index contributed by atoms with van der Waals surface area (Å²) in [5.41, 5.74) is 5.13. The van der Waals surface area contributed by atoms with Gasteiger partial charge in [0.1, 0.15) is 5.82 Å². The van der Waals surface area contributed by atoms with Crippen LogP contribution in [0.5, 0.6) is 0 Å². The number of carbonyl (C=O) groups is 1. The lowest BCUT2D eigenvalue weighted by atomic mass is 10.3. The summed E-state index contributed by atoms with van der Waals surface area (Å²) in [6, 6.07) is 2.87. The zero-order chi connectivity index (χ0) is 9.14. The molecule has 3 nitrogen and oxygen atoms in total. The Morgan fingerprint density at radius 2 is 2.25 bits per heavy atom. The van der Waals surface area contributed by atoms with Crippen molar-refractivity contribution in [3.05, 3.63) is 29.0 Å². The van der Waals surface area contributed by atoms with Crippen LogP contribution in [0.25, 0.3) is 0 Å². The van der Waals surface area contributed by atoms with Crippen molar-refractivity contribution in [3.63, 3.8) is 0 Å². The maximum atomic E-state index is 12.5. The molecule has 5 heteroatoms. The molecular weight excluding hydrogens is 183 g/mol. The summed E-state index contributed by atoms with van der Waals surface area (Å²) in [5.74, 6) is -0.463. The monoisotopic (exact) mass is 188 g/mol. The Labute approximate surface area is 73.3 Å². The number of nitrogens with two attached hydrogens (primary N) is 1.